The van der Waals surface area contributed by atoms with Gasteiger partial charge in [0.05, 0.1) is 10.7 Å². The number of nitrogens with zero attached hydrogens (tertiary/aromatic N) is 4. The summed E-state index contributed by atoms with van der Waals surface area (Å²) >= 11 is 1.73. The van der Waals surface area contributed by atoms with Crippen molar-refractivity contribution in [2.45, 2.75) is 45.4 Å². The summed E-state index contributed by atoms with van der Waals surface area (Å²) in [5, 5.41) is 13.6. The molecule has 0 spiro atoms. The summed E-state index contributed by atoms with van der Waals surface area (Å²) in [6, 6.07) is 8.36. The Morgan fingerprint density at radius 3 is 2.26 bits per heavy atom. The molecular formula is C24H36N4O2S. The van der Waals surface area contributed by atoms with Crippen molar-refractivity contribution in [3.8, 4) is 5.75 Å². The van der Waals surface area contributed by atoms with E-state index in [4.69, 9.17) is 4.74 Å². The predicted octanol–water partition coefficient (Wildman–Crippen LogP) is 2.99. The second kappa shape index (κ2) is 11.4. The maximum atomic E-state index is 10.3. The molecule has 0 bridgehead atoms. The number of likely N-dealkylation sites (tertiary alicyclic amines) is 1. The number of piperazine rings is 1. The Balaban J connectivity index is 1.15. The van der Waals surface area contributed by atoms with Gasteiger partial charge in [-0.25, -0.2) is 4.98 Å². The summed E-state index contributed by atoms with van der Waals surface area (Å²) in [7, 11) is 0. The van der Waals surface area contributed by atoms with E-state index in [2.05, 4.69) is 44.1 Å². The predicted molar refractivity (Wildman–Crippen MR) is 126 cm³/mol. The van der Waals surface area contributed by atoms with Crippen LogP contribution in [0.1, 0.15) is 35.5 Å². The molecule has 6 nitrogen and oxygen atoms in total. The Morgan fingerprint density at radius 1 is 0.935 bits per heavy atom. The molecule has 2 aromatic rings. The number of piperidine rings is 1. The van der Waals surface area contributed by atoms with Crippen LogP contribution in [0, 0.1) is 6.92 Å². The average Bonchev–Trinajstić information content (AvgIpc) is 3.20. The highest BCUT2D eigenvalue weighted by molar-refractivity contribution is 7.09. The molecule has 7 heteroatoms. The second-order valence-electron chi connectivity index (χ2n) is 8.88. The largest absolute Gasteiger partial charge is 0.491 e. The molecule has 0 saturated carbocycles. The van der Waals surface area contributed by atoms with Gasteiger partial charge in [0.25, 0.3) is 0 Å². The first kappa shape index (κ1) is 22.7. The van der Waals surface area contributed by atoms with E-state index in [1.165, 1.54) is 30.5 Å². The Labute approximate surface area is 190 Å². The quantitative estimate of drug-likeness (QED) is 0.642. The monoisotopic (exact) mass is 444 g/mol. The van der Waals surface area contributed by atoms with Crippen molar-refractivity contribution in [3.63, 3.8) is 0 Å². The maximum Gasteiger partial charge on any atom is 0.119 e. The number of aryl methyl sites for hydroxylation is 1. The van der Waals surface area contributed by atoms with Gasteiger partial charge in [-0.05, 0) is 50.6 Å². The van der Waals surface area contributed by atoms with E-state index < -0.39 is 6.10 Å². The molecule has 0 amide bonds. The molecule has 3 heterocycles. The highest BCUT2D eigenvalue weighted by atomic mass is 32.1. The summed E-state index contributed by atoms with van der Waals surface area (Å²) in [4.78, 5) is 11.9. The van der Waals surface area contributed by atoms with Gasteiger partial charge in [0.1, 0.15) is 18.5 Å². The number of β-amino-alcohol motifs (C(OH)–C–C–N with tert-alkyl or cyclic N) is 1. The van der Waals surface area contributed by atoms with E-state index >= 15 is 0 Å². The van der Waals surface area contributed by atoms with Crippen LogP contribution in [0.15, 0.2) is 29.6 Å². The van der Waals surface area contributed by atoms with Crippen LogP contribution in [0.3, 0.4) is 0 Å². The van der Waals surface area contributed by atoms with Gasteiger partial charge in [-0.3, -0.25) is 9.80 Å². The topological polar surface area (TPSA) is 52.1 Å². The highest BCUT2D eigenvalue weighted by Gasteiger charge is 2.18. The zero-order chi connectivity index (χ0) is 21.5. The van der Waals surface area contributed by atoms with Crippen LogP contribution in [-0.2, 0) is 13.1 Å². The fourth-order valence-electron chi connectivity index (χ4n) is 4.45. The van der Waals surface area contributed by atoms with Crippen LogP contribution in [0.4, 0.5) is 0 Å². The molecule has 1 N–H and O–H groups in total. The summed E-state index contributed by atoms with van der Waals surface area (Å²) in [5.41, 5.74) is 2.51. The van der Waals surface area contributed by atoms with E-state index in [1.807, 2.05) is 12.1 Å². The van der Waals surface area contributed by atoms with E-state index in [0.717, 1.165) is 63.1 Å². The number of aliphatic hydroxyl groups excluding tert-OH is 1. The lowest BCUT2D eigenvalue weighted by Gasteiger charge is -2.34. The molecule has 0 aliphatic carbocycles. The van der Waals surface area contributed by atoms with E-state index in [0.29, 0.717) is 13.2 Å². The normalized spacial score (nSPS) is 20.1. The van der Waals surface area contributed by atoms with Crippen LogP contribution in [0.2, 0.25) is 0 Å². The van der Waals surface area contributed by atoms with E-state index in [-0.39, 0.29) is 0 Å². The van der Waals surface area contributed by atoms with Crippen molar-refractivity contribution in [3.05, 3.63) is 45.9 Å². The highest BCUT2D eigenvalue weighted by Crippen LogP contribution is 2.17. The van der Waals surface area contributed by atoms with Gasteiger partial charge in [-0.15, -0.1) is 11.3 Å². The minimum atomic E-state index is -0.428. The molecule has 2 saturated heterocycles. The summed E-state index contributed by atoms with van der Waals surface area (Å²) in [6.07, 6.45) is 3.38. The number of benzene rings is 1. The van der Waals surface area contributed by atoms with Crippen molar-refractivity contribution in [2.24, 2.45) is 0 Å². The molecule has 2 fully saturated rings. The van der Waals surface area contributed by atoms with Gasteiger partial charge in [0, 0.05) is 51.2 Å². The first-order chi connectivity index (χ1) is 15.1. The molecular weight excluding hydrogens is 408 g/mol. The minimum absolute atomic E-state index is 0.357. The standard InChI is InChI=1S/C24H36N4O2S/c1-20-25-22(19-31-20)16-28-13-11-27(12-14-28)15-21-5-7-24(8-6-21)30-18-23(29)17-26-9-3-2-4-10-26/h5-8,19,23,29H,2-4,9-18H2,1H3. The molecule has 4 rings (SSSR count). The second-order valence-corrected chi connectivity index (χ2v) is 9.94. The Morgan fingerprint density at radius 2 is 1.61 bits per heavy atom. The van der Waals surface area contributed by atoms with E-state index in [1.54, 1.807) is 11.3 Å². The molecule has 2 aliphatic rings. The molecule has 170 valence electrons. The van der Waals surface area contributed by atoms with Crippen molar-refractivity contribution in [2.75, 3.05) is 52.4 Å². The molecule has 1 aromatic heterocycles. The maximum absolute atomic E-state index is 10.3. The minimum Gasteiger partial charge on any atom is -0.491 e. The fourth-order valence-corrected chi connectivity index (χ4v) is 5.05. The Bertz CT molecular complexity index is 783. The molecule has 1 atom stereocenters. The summed E-state index contributed by atoms with van der Waals surface area (Å²) < 4.78 is 5.82. The van der Waals surface area contributed by atoms with Gasteiger partial charge < -0.3 is 14.7 Å². The number of thiazole rings is 1. The number of hydrogen-bond donors (Lipinski definition) is 1. The zero-order valence-corrected chi connectivity index (χ0v) is 19.5. The van der Waals surface area contributed by atoms with Crippen molar-refractivity contribution in [1.29, 1.82) is 0 Å². The summed E-state index contributed by atoms with van der Waals surface area (Å²) in [6.45, 7) is 11.6. The zero-order valence-electron chi connectivity index (χ0n) is 18.7. The van der Waals surface area contributed by atoms with Crippen LogP contribution in [0.5, 0.6) is 5.75 Å². The smallest absolute Gasteiger partial charge is 0.119 e. The third kappa shape index (κ3) is 7.26. The first-order valence-corrected chi connectivity index (χ1v) is 12.5. The summed E-state index contributed by atoms with van der Waals surface area (Å²) in [5.74, 6) is 0.838. The number of rotatable bonds is 9. The number of aromatic nitrogens is 1. The number of aliphatic hydroxyl groups is 1. The van der Waals surface area contributed by atoms with Crippen molar-refractivity contribution in [1.82, 2.24) is 19.7 Å². The lowest BCUT2D eigenvalue weighted by molar-refractivity contribution is 0.0617. The SMILES string of the molecule is Cc1nc(CN2CCN(Cc3ccc(OCC(O)CN4CCCCC4)cc3)CC2)cs1. The fraction of sp³-hybridized carbons (Fsp3) is 0.625. The molecule has 1 unspecified atom stereocenters. The third-order valence-electron chi connectivity index (χ3n) is 6.21. The molecule has 0 radical (unpaired) electrons. The van der Waals surface area contributed by atoms with E-state index in [9.17, 15) is 5.11 Å². The average molecular weight is 445 g/mol. The number of ether oxygens (including phenoxy) is 1. The third-order valence-corrected chi connectivity index (χ3v) is 7.03. The Kier molecular flexibility index (Phi) is 8.33. The van der Waals surface area contributed by atoms with Crippen LogP contribution >= 0.6 is 11.3 Å². The molecule has 31 heavy (non-hydrogen) atoms. The van der Waals surface area contributed by atoms with Crippen molar-refractivity contribution < 1.29 is 9.84 Å². The Hall–Kier alpha value is -1.51. The van der Waals surface area contributed by atoms with Gasteiger partial charge in [-0.2, -0.15) is 0 Å². The number of hydrogen-bond acceptors (Lipinski definition) is 7. The van der Waals surface area contributed by atoms with Crippen LogP contribution in [0.25, 0.3) is 0 Å². The van der Waals surface area contributed by atoms with Gasteiger partial charge in [-0.1, -0.05) is 18.6 Å². The lowest BCUT2D eigenvalue weighted by Crippen LogP contribution is -2.45. The van der Waals surface area contributed by atoms with Crippen molar-refractivity contribution >= 4 is 11.3 Å². The first-order valence-electron chi connectivity index (χ1n) is 11.6. The molecule has 2 aliphatic heterocycles. The van der Waals surface area contributed by atoms with Gasteiger partial charge in [0.2, 0.25) is 0 Å². The van der Waals surface area contributed by atoms with Gasteiger partial charge in [0.15, 0.2) is 0 Å². The lowest BCUT2D eigenvalue weighted by atomic mass is 10.1. The van der Waals surface area contributed by atoms with Gasteiger partial charge >= 0.3 is 0 Å². The van der Waals surface area contributed by atoms with Crippen LogP contribution < -0.4 is 4.74 Å². The van der Waals surface area contributed by atoms with Crippen LogP contribution in [-0.4, -0.2) is 83.3 Å². The molecule has 1 aromatic carbocycles.